The number of hydrogen-bond acceptors (Lipinski definition) is 4. The smallest absolute Gasteiger partial charge is 0.256 e. The van der Waals surface area contributed by atoms with E-state index < -0.39 is 0 Å². The van der Waals surface area contributed by atoms with E-state index in [9.17, 15) is 14.4 Å². The molecule has 1 aromatic carbocycles. The number of carbonyl (C=O) groups is 3. The summed E-state index contributed by atoms with van der Waals surface area (Å²) in [5.74, 6) is -0.503. The van der Waals surface area contributed by atoms with Crippen LogP contribution in [0.5, 0.6) is 0 Å². The van der Waals surface area contributed by atoms with Gasteiger partial charge in [0, 0.05) is 55.4 Å². The summed E-state index contributed by atoms with van der Waals surface area (Å²) >= 11 is 0. The predicted octanol–water partition coefficient (Wildman–Crippen LogP) is 2.90. The van der Waals surface area contributed by atoms with E-state index in [4.69, 9.17) is 0 Å². The third-order valence-corrected chi connectivity index (χ3v) is 6.06. The minimum Gasteiger partial charge on any atom is -0.358 e. The fourth-order valence-corrected chi connectivity index (χ4v) is 4.08. The number of nitrogens with one attached hydrogen (secondary N) is 3. The number of likely N-dealkylation sites (N-methyl/N-ethyl adjacent to an activating group) is 1. The van der Waals surface area contributed by atoms with Gasteiger partial charge >= 0.3 is 0 Å². The van der Waals surface area contributed by atoms with Crippen LogP contribution in [-0.2, 0) is 4.79 Å². The number of rotatable bonds is 8. The lowest BCUT2D eigenvalue weighted by molar-refractivity contribution is -0.110. The van der Waals surface area contributed by atoms with Gasteiger partial charge in [0.2, 0.25) is 0 Å². The summed E-state index contributed by atoms with van der Waals surface area (Å²) in [4.78, 5) is 44.9. The highest BCUT2D eigenvalue weighted by Crippen LogP contribution is 2.35. The van der Waals surface area contributed by atoms with Crippen molar-refractivity contribution in [3.63, 3.8) is 0 Å². The molecule has 0 spiro atoms. The molecule has 2 aromatic rings. The molecular weight excluding hydrogens is 418 g/mol. The van der Waals surface area contributed by atoms with Crippen LogP contribution >= 0.6 is 0 Å². The molecule has 8 nitrogen and oxygen atoms in total. The Morgan fingerprint density at radius 3 is 2.45 bits per heavy atom. The summed E-state index contributed by atoms with van der Waals surface area (Å²) in [6.45, 7) is 11.2. The zero-order valence-corrected chi connectivity index (χ0v) is 20.3. The first-order valence-electron chi connectivity index (χ1n) is 11.3. The normalized spacial score (nSPS) is 13.9. The summed E-state index contributed by atoms with van der Waals surface area (Å²) in [5.41, 5.74) is 5.11. The highest BCUT2D eigenvalue weighted by Gasteiger charge is 2.27. The van der Waals surface area contributed by atoms with Crippen molar-refractivity contribution >= 4 is 35.1 Å². The number of aryl methyl sites for hydroxylation is 1. The lowest BCUT2D eigenvalue weighted by atomic mass is 10.0. The molecule has 0 bridgehead atoms. The molecular formula is C25H33N5O3. The van der Waals surface area contributed by atoms with Crippen LogP contribution in [0.4, 0.5) is 5.69 Å². The standard InChI is InChI=1S/C25H33N5O3/c1-7-30(8-2)12-11-26-24(32)22-15(3)21(27-16(22)4)14-19-18-13-17(25(33)29(5)6)9-10-20(18)28-23(19)31/h9-10,13-14,27H,7-8,11-12H2,1-6H3,(H,26,32)(H,28,31). The van der Waals surface area contributed by atoms with Gasteiger partial charge in [-0.25, -0.2) is 0 Å². The van der Waals surface area contributed by atoms with Gasteiger partial charge in [-0.15, -0.1) is 0 Å². The number of H-pyrrole nitrogens is 1. The molecule has 33 heavy (non-hydrogen) atoms. The van der Waals surface area contributed by atoms with Crippen LogP contribution in [0.25, 0.3) is 11.6 Å². The van der Waals surface area contributed by atoms with Crippen LogP contribution in [0.2, 0.25) is 0 Å². The Morgan fingerprint density at radius 2 is 1.82 bits per heavy atom. The highest BCUT2D eigenvalue weighted by molar-refractivity contribution is 6.35. The molecule has 1 aromatic heterocycles. The molecule has 0 saturated carbocycles. The van der Waals surface area contributed by atoms with Crippen molar-refractivity contribution in [1.82, 2.24) is 20.1 Å². The van der Waals surface area contributed by atoms with E-state index in [0.717, 1.165) is 30.9 Å². The molecule has 0 fully saturated rings. The van der Waals surface area contributed by atoms with Crippen molar-refractivity contribution in [2.75, 3.05) is 45.6 Å². The Hall–Kier alpha value is -3.39. The minimum atomic E-state index is -0.240. The molecule has 3 N–H and O–H groups in total. The molecule has 2 heterocycles. The maximum atomic E-state index is 12.8. The zero-order chi connectivity index (χ0) is 24.3. The maximum absolute atomic E-state index is 12.8. The van der Waals surface area contributed by atoms with Crippen molar-refractivity contribution in [1.29, 1.82) is 0 Å². The number of aromatic nitrogens is 1. The Balaban J connectivity index is 1.88. The minimum absolute atomic E-state index is 0.131. The summed E-state index contributed by atoms with van der Waals surface area (Å²) in [6, 6.07) is 5.18. The van der Waals surface area contributed by atoms with Crippen LogP contribution in [-0.4, -0.2) is 72.8 Å². The number of fused-ring (bicyclic) bond motifs is 1. The zero-order valence-electron chi connectivity index (χ0n) is 20.3. The quantitative estimate of drug-likeness (QED) is 0.538. The maximum Gasteiger partial charge on any atom is 0.256 e. The van der Waals surface area contributed by atoms with Gasteiger partial charge in [-0.2, -0.15) is 0 Å². The van der Waals surface area contributed by atoms with Gasteiger partial charge in [0.1, 0.15) is 0 Å². The topological polar surface area (TPSA) is 97.5 Å². The average Bonchev–Trinajstić information content (AvgIpc) is 3.25. The number of amides is 3. The first-order valence-corrected chi connectivity index (χ1v) is 11.3. The van der Waals surface area contributed by atoms with Crippen LogP contribution in [0.15, 0.2) is 18.2 Å². The fraction of sp³-hybridized carbons (Fsp3) is 0.400. The molecule has 8 heteroatoms. The lowest BCUT2D eigenvalue weighted by Gasteiger charge is -2.18. The Bertz CT molecular complexity index is 1110. The predicted molar refractivity (Wildman–Crippen MR) is 131 cm³/mol. The van der Waals surface area contributed by atoms with Gasteiger partial charge < -0.3 is 25.4 Å². The summed E-state index contributed by atoms with van der Waals surface area (Å²) in [7, 11) is 3.38. The first kappa shape index (κ1) is 24.3. The highest BCUT2D eigenvalue weighted by atomic mass is 16.2. The van der Waals surface area contributed by atoms with Gasteiger partial charge in [0.15, 0.2) is 0 Å². The molecule has 0 radical (unpaired) electrons. The lowest BCUT2D eigenvalue weighted by Crippen LogP contribution is -2.35. The number of hydrogen-bond donors (Lipinski definition) is 3. The third kappa shape index (κ3) is 5.01. The van der Waals surface area contributed by atoms with Gasteiger partial charge in [-0.3, -0.25) is 14.4 Å². The number of nitrogens with zero attached hydrogens (tertiary/aromatic N) is 2. The number of aromatic amines is 1. The van der Waals surface area contributed by atoms with E-state index in [1.54, 1.807) is 38.4 Å². The van der Waals surface area contributed by atoms with Crippen molar-refractivity contribution in [3.8, 4) is 0 Å². The summed E-state index contributed by atoms with van der Waals surface area (Å²) in [6.07, 6.45) is 1.75. The molecule has 0 aliphatic carbocycles. The van der Waals surface area contributed by atoms with Crippen molar-refractivity contribution in [3.05, 3.63) is 51.8 Å². The summed E-state index contributed by atoms with van der Waals surface area (Å²) in [5, 5.41) is 5.85. The van der Waals surface area contributed by atoms with Crippen molar-refractivity contribution < 1.29 is 14.4 Å². The van der Waals surface area contributed by atoms with Crippen LogP contribution in [0.3, 0.4) is 0 Å². The Morgan fingerprint density at radius 1 is 1.12 bits per heavy atom. The number of benzene rings is 1. The van der Waals surface area contributed by atoms with Gasteiger partial charge in [0.05, 0.1) is 11.1 Å². The second kappa shape index (κ2) is 10.0. The van der Waals surface area contributed by atoms with Gasteiger partial charge in [-0.05, 0) is 56.8 Å². The molecule has 3 amide bonds. The fourth-order valence-electron chi connectivity index (χ4n) is 4.08. The third-order valence-electron chi connectivity index (χ3n) is 6.06. The largest absolute Gasteiger partial charge is 0.358 e. The second-order valence-corrected chi connectivity index (χ2v) is 8.42. The number of anilines is 1. The van der Waals surface area contributed by atoms with E-state index in [2.05, 4.69) is 34.4 Å². The number of carbonyl (C=O) groups excluding carboxylic acids is 3. The molecule has 0 unspecified atom stereocenters. The van der Waals surface area contributed by atoms with E-state index in [1.165, 1.54) is 4.90 Å². The SMILES string of the molecule is CCN(CC)CCNC(=O)c1c(C)[nH]c(C=C2C(=O)Nc3ccc(C(=O)N(C)C)cc32)c1C. The van der Waals surface area contributed by atoms with Crippen LogP contribution < -0.4 is 10.6 Å². The Kier molecular flexibility index (Phi) is 7.38. The van der Waals surface area contributed by atoms with Crippen LogP contribution in [0, 0.1) is 13.8 Å². The molecule has 1 aliphatic rings. The molecule has 0 atom stereocenters. The van der Waals surface area contributed by atoms with Crippen molar-refractivity contribution in [2.24, 2.45) is 0 Å². The van der Waals surface area contributed by atoms with Gasteiger partial charge in [-0.1, -0.05) is 13.8 Å². The van der Waals surface area contributed by atoms with Crippen LogP contribution in [0.1, 0.15) is 57.1 Å². The monoisotopic (exact) mass is 451 g/mol. The van der Waals surface area contributed by atoms with Crippen molar-refractivity contribution in [2.45, 2.75) is 27.7 Å². The summed E-state index contributed by atoms with van der Waals surface area (Å²) < 4.78 is 0. The molecule has 1 aliphatic heterocycles. The van der Waals surface area contributed by atoms with E-state index in [-0.39, 0.29) is 17.7 Å². The molecule has 176 valence electrons. The van der Waals surface area contributed by atoms with E-state index >= 15 is 0 Å². The average molecular weight is 452 g/mol. The molecule has 3 rings (SSSR count). The second-order valence-electron chi connectivity index (χ2n) is 8.42. The molecule has 0 saturated heterocycles. The van der Waals surface area contributed by atoms with E-state index in [0.29, 0.717) is 40.2 Å². The Labute approximate surface area is 195 Å². The first-order chi connectivity index (χ1) is 15.7. The van der Waals surface area contributed by atoms with Gasteiger partial charge in [0.25, 0.3) is 17.7 Å². The van der Waals surface area contributed by atoms with E-state index in [1.807, 2.05) is 13.8 Å².